The average Bonchev–Trinajstić information content (AvgIpc) is 3.43. The summed E-state index contributed by atoms with van der Waals surface area (Å²) in [5.74, 6) is -0.243. The number of hydrogen-bond acceptors (Lipinski definition) is 5. The molecule has 0 bridgehead atoms. The number of carbonyl (C=O) groups is 1. The average molecular weight is 443 g/mol. The molecule has 158 valence electrons. The second-order valence-corrected chi connectivity index (χ2v) is 7.66. The third kappa shape index (κ3) is 4.48. The van der Waals surface area contributed by atoms with Gasteiger partial charge in [-0.15, -0.1) is 16.4 Å². The fraction of sp³-hybridized carbons (Fsp3) is 0.143. The second kappa shape index (κ2) is 8.31. The van der Waals surface area contributed by atoms with Crippen molar-refractivity contribution in [1.29, 1.82) is 0 Å². The first-order valence-corrected chi connectivity index (χ1v) is 10.0. The van der Waals surface area contributed by atoms with Crippen LogP contribution in [0.15, 0.2) is 66.3 Å². The van der Waals surface area contributed by atoms with Crippen molar-refractivity contribution in [3.8, 4) is 16.4 Å². The molecule has 3 heterocycles. The van der Waals surface area contributed by atoms with Gasteiger partial charge in [0.05, 0.1) is 16.1 Å². The zero-order valence-corrected chi connectivity index (χ0v) is 17.1. The molecule has 0 spiro atoms. The summed E-state index contributed by atoms with van der Waals surface area (Å²) in [6, 6.07) is 11.9. The topological polar surface area (TPSA) is 63.9 Å². The monoisotopic (exact) mass is 443 g/mol. The summed E-state index contributed by atoms with van der Waals surface area (Å²) in [5, 5.41) is 6.08. The van der Waals surface area contributed by atoms with E-state index in [-0.39, 0.29) is 11.5 Å². The summed E-state index contributed by atoms with van der Waals surface area (Å²) in [6.45, 7) is 0.313. The molecule has 4 rings (SSSR count). The van der Waals surface area contributed by atoms with Crippen molar-refractivity contribution in [3.05, 3.63) is 83.3 Å². The number of pyridine rings is 1. The lowest BCUT2D eigenvalue weighted by Gasteiger charge is -2.15. The van der Waals surface area contributed by atoms with E-state index in [2.05, 4.69) is 15.1 Å². The second-order valence-electron chi connectivity index (χ2n) is 6.71. The van der Waals surface area contributed by atoms with E-state index < -0.39 is 17.6 Å². The third-order valence-electron chi connectivity index (χ3n) is 4.47. The molecule has 0 radical (unpaired) electrons. The molecule has 1 amide bonds. The molecule has 10 heteroatoms. The normalized spacial score (nSPS) is 11.5. The smallest absolute Gasteiger partial charge is 0.335 e. The van der Waals surface area contributed by atoms with Crippen LogP contribution in [-0.2, 0) is 12.7 Å². The Morgan fingerprint density at radius 3 is 2.58 bits per heavy atom. The number of benzene rings is 1. The molecule has 1 aromatic carbocycles. The number of aromatic nitrogens is 4. The molecule has 0 N–H and O–H groups in total. The molecular weight excluding hydrogens is 427 g/mol. The Morgan fingerprint density at radius 2 is 1.90 bits per heavy atom. The number of rotatable bonds is 5. The lowest BCUT2D eigenvalue weighted by atomic mass is 10.2. The summed E-state index contributed by atoms with van der Waals surface area (Å²) in [6.07, 6.45) is -1.24. The van der Waals surface area contributed by atoms with E-state index in [4.69, 9.17) is 0 Å². The van der Waals surface area contributed by atoms with Gasteiger partial charge in [-0.05, 0) is 47.3 Å². The van der Waals surface area contributed by atoms with Gasteiger partial charge >= 0.3 is 6.18 Å². The van der Waals surface area contributed by atoms with Crippen LogP contribution in [0.1, 0.15) is 21.7 Å². The van der Waals surface area contributed by atoms with Crippen molar-refractivity contribution in [2.24, 2.45) is 0 Å². The maximum Gasteiger partial charge on any atom is 0.416 e. The zero-order valence-electron chi connectivity index (χ0n) is 16.2. The van der Waals surface area contributed by atoms with Gasteiger partial charge in [0.1, 0.15) is 0 Å². The predicted octanol–water partition coefficient (Wildman–Crippen LogP) is 4.68. The predicted molar refractivity (Wildman–Crippen MR) is 110 cm³/mol. The van der Waals surface area contributed by atoms with Crippen LogP contribution < -0.4 is 0 Å². The van der Waals surface area contributed by atoms with Crippen molar-refractivity contribution in [2.75, 3.05) is 7.05 Å². The first-order chi connectivity index (χ1) is 14.8. The quantitative estimate of drug-likeness (QED) is 0.449. The Morgan fingerprint density at radius 1 is 1.13 bits per heavy atom. The van der Waals surface area contributed by atoms with Gasteiger partial charge in [0.2, 0.25) is 5.82 Å². The molecule has 3 aromatic heterocycles. The number of alkyl halides is 3. The lowest BCUT2D eigenvalue weighted by Crippen LogP contribution is -2.27. The van der Waals surface area contributed by atoms with Crippen molar-refractivity contribution in [1.82, 2.24) is 24.6 Å². The molecule has 0 fully saturated rings. The van der Waals surface area contributed by atoms with Crippen LogP contribution in [0.4, 0.5) is 13.2 Å². The Kier molecular flexibility index (Phi) is 5.55. The Balaban J connectivity index is 1.72. The van der Waals surface area contributed by atoms with E-state index in [1.165, 1.54) is 33.1 Å². The van der Waals surface area contributed by atoms with Gasteiger partial charge < -0.3 is 4.90 Å². The molecule has 0 aliphatic carbocycles. The van der Waals surface area contributed by atoms with Gasteiger partial charge in [-0.25, -0.2) is 9.67 Å². The first-order valence-electron chi connectivity index (χ1n) is 9.16. The van der Waals surface area contributed by atoms with Gasteiger partial charge in [-0.1, -0.05) is 12.1 Å². The van der Waals surface area contributed by atoms with E-state index in [1.54, 1.807) is 43.7 Å². The maximum atomic E-state index is 13.2. The molecule has 0 atom stereocenters. The molecular formula is C21H16F3N5OS. The Labute approximate surface area is 179 Å². The van der Waals surface area contributed by atoms with Gasteiger partial charge in [0.25, 0.3) is 5.91 Å². The Hall–Kier alpha value is -3.53. The van der Waals surface area contributed by atoms with E-state index in [0.717, 1.165) is 17.7 Å². The van der Waals surface area contributed by atoms with Crippen molar-refractivity contribution >= 4 is 17.2 Å². The number of carbonyl (C=O) groups excluding carboxylic acids is 1. The molecule has 0 unspecified atom stereocenters. The van der Waals surface area contributed by atoms with Crippen LogP contribution in [0.25, 0.3) is 16.4 Å². The van der Waals surface area contributed by atoms with Crippen LogP contribution in [-0.4, -0.2) is 37.6 Å². The number of hydrogen-bond donors (Lipinski definition) is 0. The van der Waals surface area contributed by atoms with E-state index in [0.29, 0.717) is 17.2 Å². The molecule has 0 saturated heterocycles. The highest BCUT2D eigenvalue weighted by atomic mass is 32.1. The first kappa shape index (κ1) is 20.7. The molecule has 0 saturated carbocycles. The minimum Gasteiger partial charge on any atom is -0.335 e. The van der Waals surface area contributed by atoms with Crippen LogP contribution >= 0.6 is 11.3 Å². The number of nitrogens with zero attached hydrogens (tertiary/aromatic N) is 5. The fourth-order valence-electron chi connectivity index (χ4n) is 2.97. The number of thiophene rings is 1. The highest BCUT2D eigenvalue weighted by Gasteiger charge is 2.31. The van der Waals surface area contributed by atoms with Crippen molar-refractivity contribution in [2.45, 2.75) is 12.7 Å². The van der Waals surface area contributed by atoms with E-state index in [1.807, 2.05) is 5.38 Å². The summed E-state index contributed by atoms with van der Waals surface area (Å²) >= 11 is 1.35. The maximum absolute atomic E-state index is 13.2. The minimum absolute atomic E-state index is 0.0997. The number of halogens is 3. The summed E-state index contributed by atoms with van der Waals surface area (Å²) in [5.41, 5.74) is 0.239. The van der Waals surface area contributed by atoms with Crippen LogP contribution in [0.3, 0.4) is 0 Å². The Bertz CT molecular complexity index is 1190. The lowest BCUT2D eigenvalue weighted by molar-refractivity contribution is -0.137. The highest BCUT2D eigenvalue weighted by Crippen LogP contribution is 2.32. The van der Waals surface area contributed by atoms with Crippen LogP contribution in [0.5, 0.6) is 0 Å². The van der Waals surface area contributed by atoms with E-state index in [9.17, 15) is 18.0 Å². The molecule has 6 nitrogen and oxygen atoms in total. The van der Waals surface area contributed by atoms with Gasteiger partial charge in [-0.2, -0.15) is 13.2 Å². The van der Waals surface area contributed by atoms with Crippen LogP contribution in [0.2, 0.25) is 0 Å². The van der Waals surface area contributed by atoms with Gasteiger partial charge in [0, 0.05) is 26.0 Å². The SMILES string of the molecule is CN(Cc1ccncc1)C(=O)c1nc(-c2cccs2)n(-c2cccc(C(F)(F)F)c2)n1. The summed E-state index contributed by atoms with van der Waals surface area (Å²) in [4.78, 5) is 23.4. The van der Waals surface area contributed by atoms with Crippen molar-refractivity contribution in [3.63, 3.8) is 0 Å². The molecule has 4 aromatic rings. The summed E-state index contributed by atoms with van der Waals surface area (Å²) in [7, 11) is 1.61. The van der Waals surface area contributed by atoms with Crippen molar-refractivity contribution < 1.29 is 18.0 Å². The number of amides is 1. The van der Waals surface area contributed by atoms with E-state index >= 15 is 0 Å². The third-order valence-corrected chi connectivity index (χ3v) is 5.34. The standard InChI is InChI=1S/C21H16F3N5OS/c1-28(13-14-7-9-25-10-8-14)20(30)18-26-19(17-6-3-11-31-17)29(27-18)16-5-2-4-15(12-16)21(22,23)24/h2-12H,13H2,1H3. The molecule has 0 aliphatic heterocycles. The largest absolute Gasteiger partial charge is 0.416 e. The summed E-state index contributed by atoms with van der Waals surface area (Å²) < 4.78 is 40.9. The molecule has 31 heavy (non-hydrogen) atoms. The van der Waals surface area contributed by atoms with Gasteiger partial charge in [-0.3, -0.25) is 9.78 Å². The van der Waals surface area contributed by atoms with Crippen LogP contribution in [0, 0.1) is 0 Å². The highest BCUT2D eigenvalue weighted by molar-refractivity contribution is 7.13. The zero-order chi connectivity index (χ0) is 22.0. The fourth-order valence-corrected chi connectivity index (χ4v) is 3.66. The van der Waals surface area contributed by atoms with Gasteiger partial charge in [0.15, 0.2) is 5.82 Å². The molecule has 0 aliphatic rings. The minimum atomic E-state index is -4.50.